The molecule has 0 aromatic heterocycles. The first-order valence-corrected chi connectivity index (χ1v) is 7.58. The normalized spacial score (nSPS) is 23.3. The molecule has 3 atom stereocenters. The van der Waals surface area contributed by atoms with Gasteiger partial charge in [-0.15, -0.1) is 0 Å². The fraction of sp³-hybridized carbons (Fsp3) is 0.333. The van der Waals surface area contributed by atoms with Gasteiger partial charge in [0.2, 0.25) is 0 Å². The van der Waals surface area contributed by atoms with Crippen molar-refractivity contribution in [2.24, 2.45) is 0 Å². The van der Waals surface area contributed by atoms with Crippen molar-refractivity contribution in [3.05, 3.63) is 59.7 Å². The average molecular weight is 298 g/mol. The third-order valence-corrected chi connectivity index (χ3v) is 4.16. The minimum absolute atomic E-state index is 0.0455. The number of fused-ring (bicyclic) bond motifs is 2. The van der Waals surface area contributed by atoms with Gasteiger partial charge >= 0.3 is 0 Å². The van der Waals surface area contributed by atoms with Crippen LogP contribution in [0, 0.1) is 0 Å². The number of rotatable bonds is 4. The van der Waals surface area contributed by atoms with Crippen molar-refractivity contribution < 1.29 is 19.3 Å². The van der Waals surface area contributed by atoms with Crippen LogP contribution in [-0.2, 0) is 17.6 Å². The summed E-state index contributed by atoms with van der Waals surface area (Å²) in [6, 6.07) is 15.8. The smallest absolute Gasteiger partial charge is 0.192 e. The molecule has 0 amide bonds. The molecule has 2 aromatic rings. The van der Waals surface area contributed by atoms with Gasteiger partial charge in [0, 0.05) is 12.8 Å². The highest BCUT2D eigenvalue weighted by Gasteiger charge is 2.31. The Kier molecular flexibility index (Phi) is 3.48. The molecule has 2 aromatic carbocycles. The van der Waals surface area contributed by atoms with Crippen LogP contribution in [0.25, 0.3) is 0 Å². The maximum absolute atomic E-state index is 10.2. The van der Waals surface area contributed by atoms with Crippen LogP contribution in [0.2, 0.25) is 0 Å². The second-order valence-electron chi connectivity index (χ2n) is 5.74. The zero-order valence-electron chi connectivity index (χ0n) is 12.1. The van der Waals surface area contributed by atoms with E-state index in [0.29, 0.717) is 13.0 Å². The molecule has 22 heavy (non-hydrogen) atoms. The Morgan fingerprint density at radius 3 is 2.27 bits per heavy atom. The van der Waals surface area contributed by atoms with Gasteiger partial charge in [-0.3, -0.25) is 0 Å². The van der Waals surface area contributed by atoms with Gasteiger partial charge in [-0.2, -0.15) is 0 Å². The van der Waals surface area contributed by atoms with E-state index in [0.717, 1.165) is 23.5 Å². The highest BCUT2D eigenvalue weighted by Crippen LogP contribution is 2.31. The van der Waals surface area contributed by atoms with Crippen molar-refractivity contribution in [1.29, 1.82) is 0 Å². The number of aliphatic hydroxyl groups is 1. The Bertz CT molecular complexity index is 620. The minimum atomic E-state index is -0.945. The van der Waals surface area contributed by atoms with Crippen LogP contribution < -0.4 is 9.47 Å². The van der Waals surface area contributed by atoms with Crippen molar-refractivity contribution >= 4 is 0 Å². The fourth-order valence-corrected chi connectivity index (χ4v) is 3.03. The Hall–Kier alpha value is -2.04. The van der Waals surface area contributed by atoms with Gasteiger partial charge in [-0.1, -0.05) is 36.4 Å². The lowest BCUT2D eigenvalue weighted by Crippen LogP contribution is -2.35. The zero-order chi connectivity index (χ0) is 14.9. The van der Waals surface area contributed by atoms with Crippen molar-refractivity contribution in [3.63, 3.8) is 0 Å². The van der Waals surface area contributed by atoms with Crippen molar-refractivity contribution in [2.75, 3.05) is 6.61 Å². The number of hydrogen-bond acceptors (Lipinski definition) is 4. The predicted molar refractivity (Wildman–Crippen MR) is 81.1 cm³/mol. The highest BCUT2D eigenvalue weighted by atomic mass is 16.6. The van der Waals surface area contributed by atoms with Gasteiger partial charge in [-0.05, 0) is 23.3 Å². The van der Waals surface area contributed by atoms with E-state index in [4.69, 9.17) is 14.2 Å². The van der Waals surface area contributed by atoms with Crippen LogP contribution >= 0.6 is 0 Å². The SMILES string of the molecule is O[C@H](OC[C@H]1Cc2ccccc2O1)[C@H]1Cc2ccccc2O1. The van der Waals surface area contributed by atoms with E-state index in [1.807, 2.05) is 42.5 Å². The summed E-state index contributed by atoms with van der Waals surface area (Å²) in [6.45, 7) is 0.353. The van der Waals surface area contributed by atoms with E-state index in [1.165, 1.54) is 5.56 Å². The van der Waals surface area contributed by atoms with E-state index < -0.39 is 6.29 Å². The maximum Gasteiger partial charge on any atom is 0.192 e. The van der Waals surface area contributed by atoms with Gasteiger partial charge in [0.15, 0.2) is 12.4 Å². The Morgan fingerprint density at radius 1 is 0.955 bits per heavy atom. The summed E-state index contributed by atoms with van der Waals surface area (Å²) in [6.07, 6.45) is 0.147. The van der Waals surface area contributed by atoms with Crippen LogP contribution in [0.5, 0.6) is 11.5 Å². The number of para-hydroxylation sites is 2. The van der Waals surface area contributed by atoms with Crippen LogP contribution in [0.15, 0.2) is 48.5 Å². The highest BCUT2D eigenvalue weighted by molar-refractivity contribution is 5.38. The van der Waals surface area contributed by atoms with Gasteiger partial charge in [0.1, 0.15) is 17.6 Å². The molecule has 0 fully saturated rings. The molecule has 0 aliphatic carbocycles. The molecular formula is C18H18O4. The van der Waals surface area contributed by atoms with Gasteiger partial charge < -0.3 is 19.3 Å². The third kappa shape index (κ3) is 2.56. The molecule has 0 radical (unpaired) electrons. The first kappa shape index (κ1) is 13.6. The maximum atomic E-state index is 10.2. The second kappa shape index (κ2) is 5.63. The fourth-order valence-electron chi connectivity index (χ4n) is 3.03. The molecule has 0 unspecified atom stereocenters. The first-order chi connectivity index (χ1) is 10.8. The third-order valence-electron chi connectivity index (χ3n) is 4.16. The van der Waals surface area contributed by atoms with Crippen molar-refractivity contribution in [3.8, 4) is 11.5 Å². The number of aliphatic hydroxyl groups excluding tert-OH is 1. The molecule has 2 aliphatic rings. The van der Waals surface area contributed by atoms with E-state index in [-0.39, 0.29) is 12.2 Å². The molecule has 1 N–H and O–H groups in total. The van der Waals surface area contributed by atoms with Crippen LogP contribution in [0.1, 0.15) is 11.1 Å². The van der Waals surface area contributed by atoms with E-state index in [2.05, 4.69) is 6.07 Å². The second-order valence-corrected chi connectivity index (χ2v) is 5.74. The lowest BCUT2D eigenvalue weighted by molar-refractivity contribution is -0.159. The molecule has 0 saturated heterocycles. The summed E-state index contributed by atoms with van der Waals surface area (Å²) in [4.78, 5) is 0. The van der Waals surface area contributed by atoms with Crippen LogP contribution in [0.3, 0.4) is 0 Å². The lowest BCUT2D eigenvalue weighted by Gasteiger charge is -2.20. The molecule has 0 spiro atoms. The Morgan fingerprint density at radius 2 is 1.59 bits per heavy atom. The molecule has 114 valence electrons. The molecule has 4 nitrogen and oxygen atoms in total. The monoisotopic (exact) mass is 298 g/mol. The molecular weight excluding hydrogens is 280 g/mol. The minimum Gasteiger partial charge on any atom is -0.487 e. The molecule has 0 saturated carbocycles. The topological polar surface area (TPSA) is 47.9 Å². The number of ether oxygens (including phenoxy) is 3. The number of hydrogen-bond donors (Lipinski definition) is 1. The first-order valence-electron chi connectivity index (χ1n) is 7.58. The Balaban J connectivity index is 1.31. The van der Waals surface area contributed by atoms with Gasteiger partial charge in [0.05, 0.1) is 6.61 Å². The summed E-state index contributed by atoms with van der Waals surface area (Å²) in [7, 11) is 0. The van der Waals surface area contributed by atoms with E-state index in [9.17, 15) is 5.11 Å². The predicted octanol–water partition coefficient (Wildman–Crippen LogP) is 2.33. The summed E-state index contributed by atoms with van der Waals surface area (Å²) >= 11 is 0. The molecule has 2 aliphatic heterocycles. The molecule has 0 bridgehead atoms. The van der Waals surface area contributed by atoms with E-state index in [1.54, 1.807) is 0 Å². The summed E-state index contributed by atoms with van der Waals surface area (Å²) in [5.41, 5.74) is 2.30. The van der Waals surface area contributed by atoms with Crippen molar-refractivity contribution in [1.82, 2.24) is 0 Å². The lowest BCUT2D eigenvalue weighted by atomic mass is 10.1. The molecule has 4 rings (SSSR count). The van der Waals surface area contributed by atoms with Gasteiger partial charge in [-0.25, -0.2) is 0 Å². The molecule has 4 heteroatoms. The van der Waals surface area contributed by atoms with E-state index >= 15 is 0 Å². The van der Waals surface area contributed by atoms with Crippen LogP contribution in [0.4, 0.5) is 0 Å². The quantitative estimate of drug-likeness (QED) is 0.880. The number of benzene rings is 2. The summed E-state index contributed by atoms with van der Waals surface area (Å²) in [5.74, 6) is 1.75. The standard InChI is InChI=1S/C18H18O4/c19-18(17-10-13-6-2-4-8-16(13)22-17)20-11-14-9-12-5-1-3-7-15(12)21-14/h1-8,14,17-19H,9-11H2/t14-,17-,18-/m1/s1. The van der Waals surface area contributed by atoms with Crippen LogP contribution in [-0.4, -0.2) is 30.2 Å². The van der Waals surface area contributed by atoms with Crippen molar-refractivity contribution in [2.45, 2.75) is 31.3 Å². The molecule has 2 heterocycles. The summed E-state index contributed by atoms with van der Waals surface area (Å²) < 4.78 is 17.1. The largest absolute Gasteiger partial charge is 0.487 e. The summed E-state index contributed by atoms with van der Waals surface area (Å²) in [5, 5.41) is 10.2. The Labute approximate surface area is 129 Å². The van der Waals surface area contributed by atoms with Gasteiger partial charge in [0.25, 0.3) is 0 Å². The zero-order valence-corrected chi connectivity index (χ0v) is 12.1. The average Bonchev–Trinajstić information content (AvgIpc) is 3.15.